The Bertz CT molecular complexity index is 463. The lowest BCUT2D eigenvalue weighted by molar-refractivity contribution is -0.144. The fourth-order valence-electron chi connectivity index (χ4n) is 2.41. The summed E-state index contributed by atoms with van der Waals surface area (Å²) in [6.07, 6.45) is 3.52. The molecule has 1 amide bonds. The van der Waals surface area contributed by atoms with Crippen LogP contribution in [0.15, 0.2) is 24.5 Å². The maximum Gasteiger partial charge on any atom is 0.233 e. The van der Waals surface area contributed by atoms with Gasteiger partial charge in [-0.1, -0.05) is 6.07 Å². The molecule has 5 nitrogen and oxygen atoms in total. The first-order valence-corrected chi connectivity index (χ1v) is 6.98. The van der Waals surface area contributed by atoms with Crippen molar-refractivity contribution in [3.05, 3.63) is 30.1 Å². The summed E-state index contributed by atoms with van der Waals surface area (Å²) in [5.74, 6) is 0.0568. The Morgan fingerprint density at radius 1 is 1.65 bits per heavy atom. The van der Waals surface area contributed by atoms with E-state index in [1.54, 1.807) is 12.4 Å². The zero-order valence-corrected chi connectivity index (χ0v) is 12.4. The molecule has 0 spiro atoms. The number of hydrogen-bond acceptors (Lipinski definition) is 4. The number of hydrogen-bond donors (Lipinski definition) is 1. The van der Waals surface area contributed by atoms with Crippen LogP contribution in [-0.4, -0.2) is 41.1 Å². The fraction of sp³-hybridized carbons (Fsp3) is 0.600. The van der Waals surface area contributed by atoms with Gasteiger partial charge in [-0.2, -0.15) is 0 Å². The molecule has 110 valence electrons. The van der Waals surface area contributed by atoms with Gasteiger partial charge in [0, 0.05) is 31.0 Å². The van der Waals surface area contributed by atoms with Crippen molar-refractivity contribution in [1.82, 2.24) is 9.88 Å². The number of nitrogens with zero attached hydrogens (tertiary/aromatic N) is 2. The molecule has 0 aromatic carbocycles. The van der Waals surface area contributed by atoms with E-state index in [2.05, 4.69) is 4.98 Å². The third-order valence-electron chi connectivity index (χ3n) is 3.97. The number of aromatic nitrogens is 1. The summed E-state index contributed by atoms with van der Waals surface area (Å²) < 4.78 is 5.39. The van der Waals surface area contributed by atoms with Gasteiger partial charge >= 0.3 is 0 Å². The Morgan fingerprint density at radius 3 is 2.90 bits per heavy atom. The smallest absolute Gasteiger partial charge is 0.233 e. The summed E-state index contributed by atoms with van der Waals surface area (Å²) in [5, 5.41) is 0. The molecule has 1 aromatic heterocycles. The maximum absolute atomic E-state index is 12.9. The van der Waals surface area contributed by atoms with E-state index < -0.39 is 5.41 Å². The van der Waals surface area contributed by atoms with Gasteiger partial charge in [-0.25, -0.2) is 0 Å². The van der Waals surface area contributed by atoms with Crippen molar-refractivity contribution in [2.45, 2.75) is 39.4 Å². The van der Waals surface area contributed by atoms with Crippen LogP contribution in [0.4, 0.5) is 0 Å². The summed E-state index contributed by atoms with van der Waals surface area (Å²) >= 11 is 0. The molecule has 0 aliphatic carbocycles. The van der Waals surface area contributed by atoms with Crippen molar-refractivity contribution in [2.75, 3.05) is 13.2 Å². The van der Waals surface area contributed by atoms with Crippen molar-refractivity contribution < 1.29 is 9.53 Å². The summed E-state index contributed by atoms with van der Waals surface area (Å²) in [4.78, 5) is 18.8. The van der Waals surface area contributed by atoms with E-state index in [0.29, 0.717) is 19.8 Å². The van der Waals surface area contributed by atoms with E-state index >= 15 is 0 Å². The van der Waals surface area contributed by atoms with Crippen molar-refractivity contribution in [3.63, 3.8) is 0 Å². The van der Waals surface area contributed by atoms with Gasteiger partial charge < -0.3 is 15.4 Å². The third kappa shape index (κ3) is 2.83. The number of ether oxygens (including phenoxy) is 1. The Labute approximate surface area is 120 Å². The van der Waals surface area contributed by atoms with Crippen LogP contribution in [0.2, 0.25) is 0 Å². The van der Waals surface area contributed by atoms with Crippen LogP contribution in [-0.2, 0) is 16.1 Å². The SMILES string of the molecule is CC(C)N(Cc1cccnc1)C(=O)C1(C)COCC1N. The Balaban J connectivity index is 2.19. The van der Waals surface area contributed by atoms with E-state index in [0.717, 1.165) is 5.56 Å². The lowest BCUT2D eigenvalue weighted by atomic mass is 9.83. The molecule has 0 bridgehead atoms. The van der Waals surface area contributed by atoms with E-state index in [1.165, 1.54) is 0 Å². The third-order valence-corrected chi connectivity index (χ3v) is 3.97. The normalized spacial score (nSPS) is 25.9. The Morgan fingerprint density at radius 2 is 2.40 bits per heavy atom. The second kappa shape index (κ2) is 5.89. The molecule has 1 aliphatic rings. The summed E-state index contributed by atoms with van der Waals surface area (Å²) in [5.41, 5.74) is 6.45. The van der Waals surface area contributed by atoms with E-state index in [1.807, 2.05) is 37.8 Å². The minimum atomic E-state index is -0.632. The molecule has 0 radical (unpaired) electrons. The van der Waals surface area contributed by atoms with Crippen LogP contribution in [0.1, 0.15) is 26.3 Å². The number of amides is 1. The number of carbonyl (C=O) groups excluding carboxylic acids is 1. The second-order valence-electron chi connectivity index (χ2n) is 5.93. The lowest BCUT2D eigenvalue weighted by Gasteiger charge is -2.35. The van der Waals surface area contributed by atoms with Gasteiger partial charge in [-0.05, 0) is 32.4 Å². The van der Waals surface area contributed by atoms with Crippen molar-refractivity contribution >= 4 is 5.91 Å². The minimum absolute atomic E-state index is 0.0568. The largest absolute Gasteiger partial charge is 0.379 e. The average Bonchev–Trinajstić information content (AvgIpc) is 2.77. The van der Waals surface area contributed by atoms with Gasteiger partial charge in [0.2, 0.25) is 5.91 Å². The van der Waals surface area contributed by atoms with Gasteiger partial charge in [0.25, 0.3) is 0 Å². The minimum Gasteiger partial charge on any atom is -0.379 e. The number of rotatable bonds is 4. The highest BCUT2D eigenvalue weighted by atomic mass is 16.5. The highest BCUT2D eigenvalue weighted by Gasteiger charge is 2.46. The first kappa shape index (κ1) is 14.9. The molecule has 5 heteroatoms. The first-order chi connectivity index (χ1) is 9.45. The zero-order valence-electron chi connectivity index (χ0n) is 12.4. The average molecular weight is 277 g/mol. The standard InChI is InChI=1S/C15H23N3O2/c1-11(2)18(8-12-5-4-6-17-7-12)14(19)15(3)10-20-9-13(15)16/h4-7,11,13H,8-10,16H2,1-3H3. The predicted molar refractivity (Wildman–Crippen MR) is 76.8 cm³/mol. The monoisotopic (exact) mass is 277 g/mol. The summed E-state index contributed by atoms with van der Waals surface area (Å²) in [7, 11) is 0. The quantitative estimate of drug-likeness (QED) is 0.897. The van der Waals surface area contributed by atoms with Gasteiger partial charge in [0.15, 0.2) is 0 Å². The molecule has 1 fully saturated rings. The molecular weight excluding hydrogens is 254 g/mol. The molecule has 2 heterocycles. The summed E-state index contributed by atoms with van der Waals surface area (Å²) in [6.45, 7) is 7.31. The molecule has 2 atom stereocenters. The van der Waals surface area contributed by atoms with Gasteiger partial charge in [-0.15, -0.1) is 0 Å². The lowest BCUT2D eigenvalue weighted by Crippen LogP contribution is -2.53. The van der Waals surface area contributed by atoms with E-state index in [4.69, 9.17) is 10.5 Å². The Kier molecular flexibility index (Phi) is 4.40. The van der Waals surface area contributed by atoms with E-state index in [-0.39, 0.29) is 18.0 Å². The zero-order chi connectivity index (χ0) is 14.8. The molecule has 2 unspecified atom stereocenters. The molecule has 1 aliphatic heterocycles. The fourth-order valence-corrected chi connectivity index (χ4v) is 2.41. The second-order valence-corrected chi connectivity index (χ2v) is 5.93. The molecule has 2 rings (SSSR count). The van der Waals surface area contributed by atoms with Crippen LogP contribution in [0, 0.1) is 5.41 Å². The van der Waals surface area contributed by atoms with Crippen LogP contribution in [0.5, 0.6) is 0 Å². The van der Waals surface area contributed by atoms with Crippen molar-refractivity contribution in [1.29, 1.82) is 0 Å². The molecule has 2 N–H and O–H groups in total. The molecule has 1 saturated heterocycles. The van der Waals surface area contributed by atoms with Gasteiger partial charge in [0.05, 0.1) is 18.6 Å². The molecular formula is C15H23N3O2. The van der Waals surface area contributed by atoms with Gasteiger partial charge in [-0.3, -0.25) is 9.78 Å². The predicted octanol–water partition coefficient (Wildman–Crippen LogP) is 1.18. The highest BCUT2D eigenvalue weighted by Crippen LogP contribution is 2.30. The molecule has 1 aromatic rings. The summed E-state index contributed by atoms with van der Waals surface area (Å²) in [6, 6.07) is 3.71. The van der Waals surface area contributed by atoms with Crippen LogP contribution in [0.25, 0.3) is 0 Å². The van der Waals surface area contributed by atoms with Crippen LogP contribution < -0.4 is 5.73 Å². The highest BCUT2D eigenvalue weighted by molar-refractivity contribution is 5.84. The number of carbonyl (C=O) groups is 1. The molecule has 20 heavy (non-hydrogen) atoms. The van der Waals surface area contributed by atoms with Crippen molar-refractivity contribution in [3.8, 4) is 0 Å². The Hall–Kier alpha value is -1.46. The first-order valence-electron chi connectivity index (χ1n) is 6.98. The van der Waals surface area contributed by atoms with Gasteiger partial charge in [0.1, 0.15) is 0 Å². The van der Waals surface area contributed by atoms with Crippen LogP contribution in [0.3, 0.4) is 0 Å². The van der Waals surface area contributed by atoms with Crippen molar-refractivity contribution in [2.24, 2.45) is 11.1 Å². The molecule has 0 saturated carbocycles. The van der Waals surface area contributed by atoms with E-state index in [9.17, 15) is 4.79 Å². The van der Waals surface area contributed by atoms with Crippen LogP contribution >= 0.6 is 0 Å². The number of pyridine rings is 1. The maximum atomic E-state index is 12.9. The topological polar surface area (TPSA) is 68.5 Å². The number of nitrogens with two attached hydrogens (primary N) is 1.